The second-order valence-electron chi connectivity index (χ2n) is 5.50. The van der Waals surface area contributed by atoms with Gasteiger partial charge in [0.15, 0.2) is 4.34 Å². The number of anilines is 1. The van der Waals surface area contributed by atoms with Crippen LogP contribution < -0.4 is 10.2 Å². The Hall–Kier alpha value is -0.860. The number of hydrogen-bond donors (Lipinski definition) is 2. The molecule has 6 nitrogen and oxygen atoms in total. The summed E-state index contributed by atoms with van der Waals surface area (Å²) >= 11 is 3.22. The van der Waals surface area contributed by atoms with Crippen LogP contribution in [0.15, 0.2) is 4.34 Å². The molecule has 0 aromatic carbocycles. The maximum atomic E-state index is 11.7. The van der Waals surface area contributed by atoms with E-state index in [0.29, 0.717) is 19.4 Å². The molecular weight excluding hydrogens is 308 g/mol. The summed E-state index contributed by atoms with van der Waals surface area (Å²) in [5.74, 6) is -0.735. The van der Waals surface area contributed by atoms with E-state index in [1.807, 2.05) is 25.9 Å². The topological polar surface area (TPSA) is 78.3 Å². The van der Waals surface area contributed by atoms with Crippen molar-refractivity contribution in [2.24, 2.45) is 0 Å². The molecule has 2 rings (SSSR count). The van der Waals surface area contributed by atoms with Gasteiger partial charge in [-0.25, -0.2) is 0 Å². The van der Waals surface area contributed by atoms with Crippen LogP contribution in [0.25, 0.3) is 0 Å². The van der Waals surface area contributed by atoms with Crippen LogP contribution in [0.3, 0.4) is 0 Å². The van der Waals surface area contributed by atoms with E-state index >= 15 is 0 Å². The number of nitrogens with one attached hydrogen (secondary N) is 1. The van der Waals surface area contributed by atoms with Gasteiger partial charge in [-0.2, -0.15) is 0 Å². The van der Waals surface area contributed by atoms with Gasteiger partial charge in [0, 0.05) is 19.3 Å². The van der Waals surface area contributed by atoms with Gasteiger partial charge in [0.2, 0.25) is 5.13 Å². The molecule has 0 amide bonds. The highest BCUT2D eigenvalue weighted by atomic mass is 32.2. The zero-order chi connectivity index (χ0) is 15.5. The Morgan fingerprint density at radius 2 is 2.33 bits per heavy atom. The Morgan fingerprint density at radius 3 is 2.90 bits per heavy atom. The lowest BCUT2D eigenvalue weighted by atomic mass is 9.81. The Labute approximate surface area is 133 Å². The molecule has 1 aromatic rings. The highest BCUT2D eigenvalue weighted by Crippen LogP contribution is 2.40. The number of rotatable bonds is 6. The van der Waals surface area contributed by atoms with Gasteiger partial charge in [0.25, 0.3) is 0 Å². The van der Waals surface area contributed by atoms with Gasteiger partial charge in [0.05, 0.1) is 0 Å². The van der Waals surface area contributed by atoms with Gasteiger partial charge in [-0.3, -0.25) is 4.79 Å². The van der Waals surface area contributed by atoms with Crippen LogP contribution in [-0.2, 0) is 4.79 Å². The van der Waals surface area contributed by atoms with E-state index in [0.717, 1.165) is 22.3 Å². The molecule has 1 aromatic heterocycles. The molecule has 1 aliphatic rings. The molecule has 1 aliphatic carbocycles. The molecule has 0 spiro atoms. The monoisotopic (exact) mass is 330 g/mol. The third-order valence-electron chi connectivity index (χ3n) is 3.68. The summed E-state index contributed by atoms with van der Waals surface area (Å²) in [5.41, 5.74) is -0.778. The first-order chi connectivity index (χ1) is 9.97. The zero-order valence-corrected chi connectivity index (χ0v) is 14.3. The van der Waals surface area contributed by atoms with Crippen molar-refractivity contribution in [3.05, 3.63) is 0 Å². The van der Waals surface area contributed by atoms with Crippen molar-refractivity contribution in [3.63, 3.8) is 0 Å². The second kappa shape index (κ2) is 6.93. The number of nitrogens with zero attached hydrogens (tertiary/aromatic N) is 3. The number of carboxylic acid groups (broad SMARTS) is 1. The first-order valence-electron chi connectivity index (χ1n) is 7.13. The van der Waals surface area contributed by atoms with Crippen molar-refractivity contribution in [1.82, 2.24) is 15.5 Å². The highest BCUT2D eigenvalue weighted by Gasteiger charge is 2.42. The van der Waals surface area contributed by atoms with E-state index in [4.69, 9.17) is 0 Å². The summed E-state index contributed by atoms with van der Waals surface area (Å²) in [6.07, 6.45) is 3.29. The molecular formula is C13H22N4O2S2. The minimum atomic E-state index is -0.778. The molecule has 2 unspecified atom stereocenters. The Morgan fingerprint density at radius 1 is 1.57 bits per heavy atom. The average Bonchev–Trinajstić information content (AvgIpc) is 2.88. The third kappa shape index (κ3) is 3.87. The fourth-order valence-corrected chi connectivity index (χ4v) is 5.02. The Kier molecular flexibility index (Phi) is 5.45. The van der Waals surface area contributed by atoms with Crippen LogP contribution in [0, 0.1) is 0 Å². The Bertz CT molecular complexity index is 490. The van der Waals surface area contributed by atoms with Gasteiger partial charge in [0.1, 0.15) is 5.54 Å². The lowest BCUT2D eigenvalue weighted by Gasteiger charge is -2.37. The van der Waals surface area contributed by atoms with Gasteiger partial charge in [-0.15, -0.1) is 10.2 Å². The molecule has 0 saturated heterocycles. The van der Waals surface area contributed by atoms with Crippen LogP contribution in [0.4, 0.5) is 5.13 Å². The SMILES string of the molecule is CCNC1(C(=O)O)CCCC(Sc2nnc(N(C)C)s2)C1. The summed E-state index contributed by atoms with van der Waals surface area (Å²) in [4.78, 5) is 13.6. The molecule has 2 atom stereocenters. The minimum Gasteiger partial charge on any atom is -0.480 e. The first-order valence-corrected chi connectivity index (χ1v) is 8.82. The molecule has 0 bridgehead atoms. The zero-order valence-electron chi connectivity index (χ0n) is 12.6. The minimum absolute atomic E-state index is 0.275. The molecule has 8 heteroatoms. The van der Waals surface area contributed by atoms with Crippen LogP contribution in [-0.4, -0.2) is 52.7 Å². The fourth-order valence-electron chi connectivity index (χ4n) is 2.67. The van der Waals surface area contributed by atoms with Crippen LogP contribution in [0.5, 0.6) is 0 Å². The van der Waals surface area contributed by atoms with Crippen molar-refractivity contribution in [2.45, 2.75) is 47.7 Å². The fraction of sp³-hybridized carbons (Fsp3) is 0.769. The largest absolute Gasteiger partial charge is 0.480 e. The van der Waals surface area contributed by atoms with Gasteiger partial charge in [-0.05, 0) is 32.2 Å². The van der Waals surface area contributed by atoms with Gasteiger partial charge >= 0.3 is 5.97 Å². The van der Waals surface area contributed by atoms with E-state index in [9.17, 15) is 9.90 Å². The number of aromatic nitrogens is 2. The highest BCUT2D eigenvalue weighted by molar-refractivity contribution is 8.01. The predicted octanol–water partition coefficient (Wildman–Crippen LogP) is 2.07. The standard InChI is InChI=1S/C13H22N4O2S2/c1-4-14-13(10(18)19)7-5-6-9(8-13)20-12-16-15-11(21-12)17(2)3/h9,14H,4-8H2,1-3H3,(H,18,19). The summed E-state index contributed by atoms with van der Waals surface area (Å²) in [7, 11) is 3.88. The number of likely N-dealkylation sites (N-methyl/N-ethyl adjacent to an activating group) is 1. The quantitative estimate of drug-likeness (QED) is 0.826. The van der Waals surface area contributed by atoms with E-state index in [2.05, 4.69) is 15.5 Å². The van der Waals surface area contributed by atoms with Crippen molar-refractivity contribution < 1.29 is 9.90 Å². The van der Waals surface area contributed by atoms with Crippen LogP contribution in [0.1, 0.15) is 32.6 Å². The molecule has 1 saturated carbocycles. The predicted molar refractivity (Wildman–Crippen MR) is 86.4 cm³/mol. The van der Waals surface area contributed by atoms with Crippen molar-refractivity contribution in [1.29, 1.82) is 0 Å². The van der Waals surface area contributed by atoms with E-state index in [1.54, 1.807) is 23.1 Å². The van der Waals surface area contributed by atoms with Gasteiger partial charge in [-0.1, -0.05) is 30.0 Å². The lowest BCUT2D eigenvalue weighted by Crippen LogP contribution is -2.55. The third-order valence-corrected chi connectivity index (χ3v) is 6.12. The van der Waals surface area contributed by atoms with Crippen molar-refractivity contribution in [2.75, 3.05) is 25.5 Å². The summed E-state index contributed by atoms with van der Waals surface area (Å²) in [6, 6.07) is 0. The summed E-state index contributed by atoms with van der Waals surface area (Å²) in [5, 5.41) is 22.2. The number of thioether (sulfide) groups is 1. The number of carbonyl (C=O) groups is 1. The molecule has 2 N–H and O–H groups in total. The normalized spacial score (nSPS) is 25.8. The summed E-state index contributed by atoms with van der Waals surface area (Å²) in [6.45, 7) is 2.63. The van der Waals surface area contributed by atoms with E-state index in [1.165, 1.54) is 0 Å². The first kappa shape index (κ1) is 16.5. The lowest BCUT2D eigenvalue weighted by molar-refractivity contribution is -0.146. The maximum absolute atomic E-state index is 11.7. The molecule has 0 aliphatic heterocycles. The van der Waals surface area contributed by atoms with Crippen LogP contribution >= 0.6 is 23.1 Å². The van der Waals surface area contributed by atoms with Crippen molar-refractivity contribution >= 4 is 34.2 Å². The number of hydrogen-bond acceptors (Lipinski definition) is 7. The van der Waals surface area contributed by atoms with E-state index in [-0.39, 0.29) is 5.25 Å². The molecule has 0 radical (unpaired) electrons. The number of aliphatic carboxylic acids is 1. The van der Waals surface area contributed by atoms with Crippen molar-refractivity contribution in [3.8, 4) is 0 Å². The smallest absolute Gasteiger partial charge is 0.323 e. The maximum Gasteiger partial charge on any atom is 0.323 e. The second-order valence-corrected chi connectivity index (χ2v) is 8.00. The molecule has 21 heavy (non-hydrogen) atoms. The van der Waals surface area contributed by atoms with Gasteiger partial charge < -0.3 is 15.3 Å². The molecule has 1 fully saturated rings. The summed E-state index contributed by atoms with van der Waals surface area (Å²) < 4.78 is 0.918. The molecule has 118 valence electrons. The number of carboxylic acids is 1. The average molecular weight is 330 g/mol. The molecule has 1 heterocycles. The Balaban J connectivity index is 2.04. The van der Waals surface area contributed by atoms with Crippen LogP contribution in [0.2, 0.25) is 0 Å². The van der Waals surface area contributed by atoms with E-state index < -0.39 is 11.5 Å².